The molecule has 0 aromatic heterocycles. The molecule has 2 saturated heterocycles. The van der Waals surface area contributed by atoms with Crippen LogP contribution in [0.25, 0.3) is 0 Å². The molecule has 0 bridgehead atoms. The Morgan fingerprint density at radius 3 is 2.27 bits per heavy atom. The van der Waals surface area contributed by atoms with Gasteiger partial charge >= 0.3 is 0 Å². The summed E-state index contributed by atoms with van der Waals surface area (Å²) in [4.78, 5) is 28.1. The second-order valence-electron chi connectivity index (χ2n) is 6.39. The number of amides is 2. The molecule has 128 valence electrons. The lowest BCUT2D eigenvalue weighted by atomic mass is 10.0. The first-order valence-corrected chi connectivity index (χ1v) is 7.93. The smallest absolute Gasteiger partial charge is 0.251 e. The molecule has 0 aliphatic carbocycles. The predicted molar refractivity (Wildman–Crippen MR) is 86.8 cm³/mol. The van der Waals surface area contributed by atoms with Gasteiger partial charge in [-0.1, -0.05) is 13.8 Å². The third-order valence-corrected chi connectivity index (χ3v) is 4.15. The van der Waals surface area contributed by atoms with E-state index in [4.69, 9.17) is 10.5 Å². The number of hydrogen-bond donors (Lipinski definition) is 1. The van der Waals surface area contributed by atoms with Crippen molar-refractivity contribution in [1.82, 2.24) is 9.80 Å². The van der Waals surface area contributed by atoms with Crippen molar-refractivity contribution in [3.63, 3.8) is 0 Å². The molecule has 0 saturated carbocycles. The number of rotatable bonds is 4. The van der Waals surface area contributed by atoms with E-state index in [1.807, 2.05) is 4.90 Å². The largest absolute Gasteiger partial charge is 0.368 e. The average molecular weight is 334 g/mol. The summed E-state index contributed by atoms with van der Waals surface area (Å²) in [6, 6.07) is -0.426. The molecule has 7 heteroatoms. The number of carbonyl (C=O) groups is 2. The number of nitrogens with zero attached hydrogens (tertiary/aromatic N) is 2. The minimum absolute atomic E-state index is 0. The van der Waals surface area contributed by atoms with E-state index < -0.39 is 6.04 Å². The van der Waals surface area contributed by atoms with E-state index >= 15 is 0 Å². The number of ether oxygens (including phenoxy) is 1. The van der Waals surface area contributed by atoms with Gasteiger partial charge in [-0.05, 0) is 25.2 Å². The number of hydrogen-bond acceptors (Lipinski definition) is 4. The molecule has 0 aromatic carbocycles. The van der Waals surface area contributed by atoms with Crippen molar-refractivity contribution in [1.29, 1.82) is 0 Å². The van der Waals surface area contributed by atoms with Gasteiger partial charge in [-0.3, -0.25) is 9.59 Å². The zero-order chi connectivity index (χ0) is 15.4. The lowest BCUT2D eigenvalue weighted by Crippen LogP contribution is -2.55. The van der Waals surface area contributed by atoms with Crippen molar-refractivity contribution in [2.45, 2.75) is 45.3 Å². The highest BCUT2D eigenvalue weighted by molar-refractivity contribution is 5.85. The van der Waals surface area contributed by atoms with Gasteiger partial charge in [0.05, 0.1) is 6.04 Å². The molecule has 1 unspecified atom stereocenters. The van der Waals surface area contributed by atoms with Gasteiger partial charge in [-0.15, -0.1) is 12.4 Å². The Labute approximate surface area is 138 Å². The summed E-state index contributed by atoms with van der Waals surface area (Å²) in [7, 11) is 0. The van der Waals surface area contributed by atoms with Crippen molar-refractivity contribution in [2.75, 3.05) is 32.8 Å². The maximum atomic E-state index is 12.2. The number of halogens is 1. The Bertz CT molecular complexity index is 378. The molecule has 2 atom stereocenters. The SMILES string of the molecule is CC(C)C[C@H](N)C(=O)N1CCN(C(=O)C2CCCO2)CC1.Cl. The summed E-state index contributed by atoms with van der Waals surface area (Å²) in [5.41, 5.74) is 5.95. The summed E-state index contributed by atoms with van der Waals surface area (Å²) >= 11 is 0. The Morgan fingerprint density at radius 2 is 1.77 bits per heavy atom. The highest BCUT2D eigenvalue weighted by Crippen LogP contribution is 2.16. The average Bonchev–Trinajstić information content (AvgIpc) is 2.99. The van der Waals surface area contributed by atoms with Gasteiger partial charge in [-0.25, -0.2) is 0 Å². The molecule has 2 amide bonds. The number of piperazine rings is 1. The van der Waals surface area contributed by atoms with Gasteiger partial charge in [-0.2, -0.15) is 0 Å². The highest BCUT2D eigenvalue weighted by atomic mass is 35.5. The van der Waals surface area contributed by atoms with E-state index in [-0.39, 0.29) is 30.3 Å². The highest BCUT2D eigenvalue weighted by Gasteiger charge is 2.32. The zero-order valence-electron chi connectivity index (χ0n) is 13.5. The van der Waals surface area contributed by atoms with Crippen molar-refractivity contribution in [3.05, 3.63) is 0 Å². The Hall–Kier alpha value is -0.850. The van der Waals surface area contributed by atoms with Gasteiger partial charge in [0.25, 0.3) is 5.91 Å². The van der Waals surface area contributed by atoms with Crippen LogP contribution in [0.15, 0.2) is 0 Å². The number of nitrogens with two attached hydrogens (primary N) is 1. The van der Waals surface area contributed by atoms with E-state index in [0.29, 0.717) is 45.1 Å². The van der Waals surface area contributed by atoms with Crippen LogP contribution in [0.1, 0.15) is 33.1 Å². The molecule has 0 spiro atoms. The van der Waals surface area contributed by atoms with Crippen molar-refractivity contribution >= 4 is 24.2 Å². The van der Waals surface area contributed by atoms with E-state index in [1.54, 1.807) is 4.90 Å². The quantitative estimate of drug-likeness (QED) is 0.818. The molecule has 2 N–H and O–H groups in total. The van der Waals surface area contributed by atoms with Gasteiger partial charge in [0.2, 0.25) is 5.91 Å². The molecule has 6 nitrogen and oxygen atoms in total. The van der Waals surface area contributed by atoms with Crippen LogP contribution in [-0.4, -0.2) is 66.5 Å². The fourth-order valence-electron chi connectivity index (χ4n) is 2.97. The summed E-state index contributed by atoms with van der Waals surface area (Å²) in [6.45, 7) is 7.11. The van der Waals surface area contributed by atoms with Crippen LogP contribution in [0.5, 0.6) is 0 Å². The number of carbonyl (C=O) groups excluding carboxylic acids is 2. The lowest BCUT2D eigenvalue weighted by molar-refractivity contribution is -0.146. The zero-order valence-corrected chi connectivity index (χ0v) is 14.3. The summed E-state index contributed by atoms with van der Waals surface area (Å²) in [6.07, 6.45) is 2.21. The van der Waals surface area contributed by atoms with Crippen LogP contribution >= 0.6 is 12.4 Å². The van der Waals surface area contributed by atoms with Gasteiger partial charge in [0.15, 0.2) is 0 Å². The Balaban J connectivity index is 0.00000242. The van der Waals surface area contributed by atoms with Crippen LogP contribution < -0.4 is 5.73 Å². The topological polar surface area (TPSA) is 75.9 Å². The molecular weight excluding hydrogens is 306 g/mol. The third kappa shape index (κ3) is 4.83. The summed E-state index contributed by atoms with van der Waals surface area (Å²) in [5, 5.41) is 0. The van der Waals surface area contributed by atoms with Crippen LogP contribution in [0.4, 0.5) is 0 Å². The second kappa shape index (κ2) is 8.70. The first kappa shape index (κ1) is 19.2. The monoisotopic (exact) mass is 333 g/mol. The van der Waals surface area contributed by atoms with Crippen molar-refractivity contribution in [3.8, 4) is 0 Å². The van der Waals surface area contributed by atoms with Crippen LogP contribution in [0.2, 0.25) is 0 Å². The molecular formula is C15H28ClN3O3. The molecule has 0 aromatic rings. The molecule has 2 aliphatic rings. The fourth-order valence-corrected chi connectivity index (χ4v) is 2.97. The minimum Gasteiger partial charge on any atom is -0.368 e. The van der Waals surface area contributed by atoms with E-state index in [9.17, 15) is 9.59 Å². The maximum Gasteiger partial charge on any atom is 0.251 e. The van der Waals surface area contributed by atoms with E-state index in [2.05, 4.69) is 13.8 Å². The molecule has 2 aliphatic heterocycles. The standard InChI is InChI=1S/C15H27N3O3.ClH/c1-11(2)10-12(16)14(19)17-5-7-18(8-6-17)15(20)13-4-3-9-21-13;/h11-13H,3-10,16H2,1-2H3;1H/t12-,13?;/m0./s1. The van der Waals surface area contributed by atoms with Crippen LogP contribution in [-0.2, 0) is 14.3 Å². The molecule has 22 heavy (non-hydrogen) atoms. The summed E-state index contributed by atoms with van der Waals surface area (Å²) < 4.78 is 5.43. The van der Waals surface area contributed by atoms with Crippen molar-refractivity contribution in [2.24, 2.45) is 11.7 Å². The van der Waals surface area contributed by atoms with Crippen molar-refractivity contribution < 1.29 is 14.3 Å². The first-order valence-electron chi connectivity index (χ1n) is 7.93. The molecule has 0 radical (unpaired) electrons. The first-order chi connectivity index (χ1) is 9.99. The summed E-state index contributed by atoms with van der Waals surface area (Å²) in [5.74, 6) is 0.491. The van der Waals surface area contributed by atoms with Gasteiger partial charge in [0.1, 0.15) is 6.10 Å². The lowest BCUT2D eigenvalue weighted by Gasteiger charge is -2.36. The molecule has 2 heterocycles. The maximum absolute atomic E-state index is 12.2. The van der Waals surface area contributed by atoms with Gasteiger partial charge in [0, 0.05) is 32.8 Å². The van der Waals surface area contributed by atoms with E-state index in [1.165, 1.54) is 0 Å². The van der Waals surface area contributed by atoms with E-state index in [0.717, 1.165) is 12.8 Å². The second-order valence-corrected chi connectivity index (χ2v) is 6.39. The Kier molecular flexibility index (Phi) is 7.59. The third-order valence-electron chi connectivity index (χ3n) is 4.15. The van der Waals surface area contributed by atoms with Crippen LogP contribution in [0.3, 0.4) is 0 Å². The van der Waals surface area contributed by atoms with Gasteiger partial charge < -0.3 is 20.3 Å². The minimum atomic E-state index is -0.426. The fraction of sp³-hybridized carbons (Fsp3) is 0.867. The Morgan fingerprint density at radius 1 is 1.18 bits per heavy atom. The molecule has 2 fully saturated rings. The normalized spacial score (nSPS) is 23.4. The molecule has 2 rings (SSSR count). The van der Waals surface area contributed by atoms with Crippen LogP contribution in [0, 0.1) is 5.92 Å². The predicted octanol–water partition coefficient (Wildman–Crippen LogP) is 0.631.